The number of furan rings is 1. The minimum atomic E-state index is -0.433. The maximum atomic E-state index is 13.5. The molecule has 0 aliphatic carbocycles. The molecular formula is C22H16FN3O4S. The Balaban J connectivity index is 1.53. The van der Waals surface area contributed by atoms with Gasteiger partial charge in [-0.05, 0) is 54.7 Å². The van der Waals surface area contributed by atoms with Gasteiger partial charge in [-0.3, -0.25) is 14.2 Å². The molecule has 5 rings (SSSR count). The number of rotatable bonds is 3. The largest absolute Gasteiger partial charge is 0.489 e. The molecule has 9 heteroatoms. The number of nitrogens with one attached hydrogen (secondary N) is 1. The Kier molecular flexibility index (Phi) is 4.67. The van der Waals surface area contributed by atoms with E-state index < -0.39 is 5.82 Å². The summed E-state index contributed by atoms with van der Waals surface area (Å²) in [6.07, 6.45) is 1.53. The first-order valence-corrected chi connectivity index (χ1v) is 9.95. The van der Waals surface area contributed by atoms with Crippen LogP contribution in [0, 0.1) is 10.6 Å². The van der Waals surface area contributed by atoms with Crippen molar-refractivity contribution in [2.45, 2.75) is 6.54 Å². The average molecular weight is 437 g/mol. The quantitative estimate of drug-likeness (QED) is 0.492. The first kappa shape index (κ1) is 19.3. The van der Waals surface area contributed by atoms with Crippen molar-refractivity contribution in [2.24, 2.45) is 0 Å². The number of carbonyl (C=O) groups is 1. The maximum absolute atomic E-state index is 13.5. The highest BCUT2D eigenvalue weighted by molar-refractivity contribution is 7.71. The molecule has 3 heterocycles. The predicted molar refractivity (Wildman–Crippen MR) is 115 cm³/mol. The van der Waals surface area contributed by atoms with Crippen LogP contribution in [0.1, 0.15) is 16.1 Å². The second-order valence-corrected chi connectivity index (χ2v) is 7.47. The Morgan fingerprint density at radius 2 is 2.06 bits per heavy atom. The Labute approximate surface area is 180 Å². The van der Waals surface area contributed by atoms with Gasteiger partial charge in [0.05, 0.1) is 35.9 Å². The van der Waals surface area contributed by atoms with E-state index in [-0.39, 0.29) is 29.4 Å². The predicted octanol–water partition coefficient (Wildman–Crippen LogP) is 3.88. The van der Waals surface area contributed by atoms with Gasteiger partial charge in [-0.1, -0.05) is 0 Å². The number of aromatic amines is 1. The van der Waals surface area contributed by atoms with Crippen LogP contribution >= 0.6 is 12.2 Å². The molecule has 0 spiro atoms. The second-order valence-electron chi connectivity index (χ2n) is 7.08. The van der Waals surface area contributed by atoms with Crippen LogP contribution in [0.3, 0.4) is 0 Å². The number of H-pyrrole nitrogens is 1. The van der Waals surface area contributed by atoms with Gasteiger partial charge in [0, 0.05) is 11.6 Å². The summed E-state index contributed by atoms with van der Waals surface area (Å²) >= 11 is 5.36. The molecule has 0 radical (unpaired) electrons. The van der Waals surface area contributed by atoms with E-state index in [2.05, 4.69) is 4.98 Å². The molecule has 1 N–H and O–H groups in total. The molecule has 0 unspecified atom stereocenters. The molecule has 0 fully saturated rings. The lowest BCUT2D eigenvalue weighted by Crippen LogP contribution is -2.38. The lowest BCUT2D eigenvalue weighted by Gasteiger charge is -2.29. The number of benzene rings is 2. The highest BCUT2D eigenvalue weighted by Gasteiger charge is 2.25. The average Bonchev–Trinajstić information content (AvgIpc) is 3.28. The van der Waals surface area contributed by atoms with E-state index in [1.165, 1.54) is 33.9 Å². The van der Waals surface area contributed by atoms with Gasteiger partial charge in [-0.2, -0.15) is 0 Å². The lowest BCUT2D eigenvalue weighted by atomic mass is 10.1. The van der Waals surface area contributed by atoms with Crippen molar-refractivity contribution in [3.05, 3.63) is 87.1 Å². The summed E-state index contributed by atoms with van der Waals surface area (Å²) in [7, 11) is 0. The summed E-state index contributed by atoms with van der Waals surface area (Å²) in [4.78, 5) is 30.7. The number of amides is 1. The third-order valence-corrected chi connectivity index (χ3v) is 5.48. The van der Waals surface area contributed by atoms with Crippen LogP contribution in [0.5, 0.6) is 5.75 Å². The van der Waals surface area contributed by atoms with E-state index in [0.717, 1.165) is 0 Å². The molecule has 7 nitrogen and oxygen atoms in total. The molecule has 1 aliphatic heterocycles. The molecule has 156 valence electrons. The fourth-order valence-corrected chi connectivity index (χ4v) is 3.91. The molecule has 0 saturated carbocycles. The Hall–Kier alpha value is -3.72. The molecule has 0 bridgehead atoms. The normalized spacial score (nSPS) is 13.1. The molecule has 31 heavy (non-hydrogen) atoms. The number of nitrogens with zero attached hydrogens (tertiary/aromatic N) is 2. The fraction of sp³-hybridized carbons (Fsp3) is 0.136. The van der Waals surface area contributed by atoms with Gasteiger partial charge in [0.2, 0.25) is 0 Å². The van der Waals surface area contributed by atoms with Gasteiger partial charge >= 0.3 is 0 Å². The molecule has 1 aliphatic rings. The number of anilines is 1. The number of fused-ring (bicyclic) bond motifs is 2. The summed E-state index contributed by atoms with van der Waals surface area (Å²) in [5.74, 6) is 0.213. The van der Waals surface area contributed by atoms with E-state index in [0.29, 0.717) is 40.2 Å². The molecule has 4 aromatic rings. The monoisotopic (exact) mass is 437 g/mol. The molecule has 0 saturated heterocycles. The molecule has 0 atom stereocenters. The van der Waals surface area contributed by atoms with E-state index >= 15 is 0 Å². The molecule has 2 aromatic heterocycles. The highest BCUT2D eigenvalue weighted by Crippen LogP contribution is 2.33. The number of hydrogen-bond acceptors (Lipinski definition) is 5. The second kappa shape index (κ2) is 7.51. The van der Waals surface area contributed by atoms with Crippen molar-refractivity contribution in [2.75, 3.05) is 18.1 Å². The van der Waals surface area contributed by atoms with Gasteiger partial charge in [0.15, 0.2) is 4.77 Å². The summed E-state index contributed by atoms with van der Waals surface area (Å²) in [6, 6.07) is 12.4. The number of hydrogen-bond donors (Lipinski definition) is 1. The smallest absolute Gasteiger partial charge is 0.262 e. The summed E-state index contributed by atoms with van der Waals surface area (Å²) in [5.41, 5.74) is 1.06. The van der Waals surface area contributed by atoms with Crippen molar-refractivity contribution in [1.29, 1.82) is 0 Å². The van der Waals surface area contributed by atoms with Crippen molar-refractivity contribution in [3.8, 4) is 5.75 Å². The first-order chi connectivity index (χ1) is 15.0. The van der Waals surface area contributed by atoms with Crippen LogP contribution in [0.25, 0.3) is 10.9 Å². The minimum absolute atomic E-state index is 0.207. The van der Waals surface area contributed by atoms with Crippen LogP contribution in [0.15, 0.2) is 64.0 Å². The first-order valence-electron chi connectivity index (χ1n) is 9.55. The maximum Gasteiger partial charge on any atom is 0.262 e. The van der Waals surface area contributed by atoms with Gasteiger partial charge in [0.25, 0.3) is 11.5 Å². The fourth-order valence-electron chi connectivity index (χ4n) is 3.65. The van der Waals surface area contributed by atoms with E-state index in [9.17, 15) is 14.0 Å². The molecular weight excluding hydrogens is 421 g/mol. The SMILES string of the molecule is O=C(c1ccc2c(=O)n(Cc3ccco3)c(=S)[nH]c2c1)N1CCOc2cc(F)ccc21. The zero-order valence-corrected chi connectivity index (χ0v) is 16.9. The lowest BCUT2D eigenvalue weighted by molar-refractivity contribution is 0.0976. The topological polar surface area (TPSA) is 80.5 Å². The van der Waals surface area contributed by atoms with Gasteiger partial charge < -0.3 is 19.0 Å². The number of halogens is 1. The van der Waals surface area contributed by atoms with Crippen LogP contribution in [0.4, 0.5) is 10.1 Å². The molecule has 1 amide bonds. The summed E-state index contributed by atoms with van der Waals surface area (Å²) in [5, 5.41) is 0.404. The third-order valence-electron chi connectivity index (χ3n) is 5.15. The third kappa shape index (κ3) is 3.42. The zero-order chi connectivity index (χ0) is 21.5. The van der Waals surface area contributed by atoms with E-state index in [4.69, 9.17) is 21.4 Å². The van der Waals surface area contributed by atoms with Gasteiger partial charge in [-0.15, -0.1) is 0 Å². The van der Waals surface area contributed by atoms with Gasteiger partial charge in [-0.25, -0.2) is 4.39 Å². The Bertz CT molecular complexity index is 1430. The van der Waals surface area contributed by atoms with Crippen LogP contribution in [0.2, 0.25) is 0 Å². The number of aromatic nitrogens is 2. The standard InChI is InChI=1S/C22H16FN3O4S/c23-14-4-6-18-19(11-14)30-9-7-25(18)20(27)13-3-5-16-17(10-13)24-22(31)26(21(16)28)12-15-2-1-8-29-15/h1-6,8,10-11H,7,9,12H2,(H,24,31). The van der Waals surface area contributed by atoms with E-state index in [1.807, 2.05) is 0 Å². The van der Waals surface area contributed by atoms with Crippen LogP contribution in [-0.2, 0) is 6.54 Å². The van der Waals surface area contributed by atoms with Crippen LogP contribution < -0.4 is 15.2 Å². The number of carbonyl (C=O) groups excluding carboxylic acids is 1. The van der Waals surface area contributed by atoms with Crippen molar-refractivity contribution < 1.29 is 18.3 Å². The van der Waals surface area contributed by atoms with Crippen molar-refractivity contribution in [3.63, 3.8) is 0 Å². The summed E-state index contributed by atoms with van der Waals surface area (Å²) in [6.45, 7) is 0.796. The summed E-state index contributed by atoms with van der Waals surface area (Å²) < 4.78 is 25.9. The van der Waals surface area contributed by atoms with E-state index in [1.54, 1.807) is 30.3 Å². The minimum Gasteiger partial charge on any atom is -0.489 e. The Morgan fingerprint density at radius 3 is 2.87 bits per heavy atom. The van der Waals surface area contributed by atoms with Crippen molar-refractivity contribution in [1.82, 2.24) is 9.55 Å². The Morgan fingerprint density at radius 1 is 1.19 bits per heavy atom. The van der Waals surface area contributed by atoms with Crippen molar-refractivity contribution >= 4 is 34.7 Å². The number of ether oxygens (including phenoxy) is 1. The molecule has 2 aromatic carbocycles. The van der Waals surface area contributed by atoms with Gasteiger partial charge in [0.1, 0.15) is 23.9 Å². The van der Waals surface area contributed by atoms with Crippen LogP contribution in [-0.4, -0.2) is 28.6 Å². The zero-order valence-electron chi connectivity index (χ0n) is 16.1. The highest BCUT2D eigenvalue weighted by atomic mass is 32.1.